The second-order valence-electron chi connectivity index (χ2n) is 3.06. The third-order valence-corrected chi connectivity index (χ3v) is 2.01. The zero-order chi connectivity index (χ0) is 10.4. The zero-order valence-corrected chi connectivity index (χ0v) is 8.95. The minimum atomic E-state index is -0.0448. The van der Waals surface area contributed by atoms with Crippen LogP contribution in [0.1, 0.15) is 31.5 Å². The van der Waals surface area contributed by atoms with Gasteiger partial charge in [-0.3, -0.25) is 0 Å². The first-order chi connectivity index (χ1) is 6.77. The zero-order valence-electron chi connectivity index (χ0n) is 8.95. The summed E-state index contributed by atoms with van der Waals surface area (Å²) in [5, 5.41) is 3.22. The molecule has 1 unspecified atom stereocenters. The lowest BCUT2D eigenvalue weighted by Gasteiger charge is -2.09. The van der Waals surface area contributed by atoms with Crippen LogP contribution in [0, 0.1) is 0 Å². The first kappa shape index (κ1) is 11.1. The van der Waals surface area contributed by atoms with Crippen molar-refractivity contribution in [1.29, 1.82) is 0 Å². The molecular formula is C10H17N3O. The predicted molar refractivity (Wildman–Crippen MR) is 54.8 cm³/mol. The number of hydrogen-bond donors (Lipinski definition) is 1. The van der Waals surface area contributed by atoms with Crippen LogP contribution < -0.4 is 5.32 Å². The molecule has 0 aromatic carbocycles. The van der Waals surface area contributed by atoms with Gasteiger partial charge in [-0.05, 0) is 19.5 Å². The van der Waals surface area contributed by atoms with Crippen molar-refractivity contribution in [3.05, 3.63) is 23.8 Å². The van der Waals surface area contributed by atoms with Crippen LogP contribution in [0.2, 0.25) is 0 Å². The van der Waals surface area contributed by atoms with Crippen LogP contribution in [0.3, 0.4) is 0 Å². The Bertz CT molecular complexity index is 278. The lowest BCUT2D eigenvalue weighted by atomic mass is 10.3. The topological polar surface area (TPSA) is 47.0 Å². The van der Waals surface area contributed by atoms with Gasteiger partial charge in [0.05, 0.1) is 5.69 Å². The number of rotatable bonds is 5. The lowest BCUT2D eigenvalue weighted by Crippen LogP contribution is -2.14. The highest BCUT2D eigenvalue weighted by atomic mass is 16.5. The molecule has 1 heterocycles. The van der Waals surface area contributed by atoms with Crippen LogP contribution >= 0.6 is 0 Å². The van der Waals surface area contributed by atoms with E-state index in [1.54, 1.807) is 13.3 Å². The summed E-state index contributed by atoms with van der Waals surface area (Å²) >= 11 is 0. The molecule has 0 aliphatic carbocycles. The molecule has 0 radical (unpaired) electrons. The SMILES string of the molecule is CCNCc1ccnc(C(C)OC)n1. The third kappa shape index (κ3) is 3.05. The lowest BCUT2D eigenvalue weighted by molar-refractivity contribution is 0.112. The second-order valence-corrected chi connectivity index (χ2v) is 3.06. The molecule has 1 rings (SSSR count). The van der Waals surface area contributed by atoms with Gasteiger partial charge in [-0.2, -0.15) is 0 Å². The summed E-state index contributed by atoms with van der Waals surface area (Å²) in [7, 11) is 1.66. The Morgan fingerprint density at radius 1 is 1.57 bits per heavy atom. The molecule has 1 aromatic rings. The molecule has 4 heteroatoms. The van der Waals surface area contributed by atoms with Gasteiger partial charge in [0.15, 0.2) is 5.82 Å². The summed E-state index contributed by atoms with van der Waals surface area (Å²) in [6.45, 7) is 5.73. The third-order valence-electron chi connectivity index (χ3n) is 2.01. The van der Waals surface area contributed by atoms with Crippen molar-refractivity contribution >= 4 is 0 Å². The summed E-state index contributed by atoms with van der Waals surface area (Å²) in [5.41, 5.74) is 1.00. The molecule has 0 saturated carbocycles. The van der Waals surface area contributed by atoms with E-state index in [4.69, 9.17) is 4.74 Å². The van der Waals surface area contributed by atoms with Gasteiger partial charge in [0.2, 0.25) is 0 Å². The predicted octanol–water partition coefficient (Wildman–Crippen LogP) is 1.29. The highest BCUT2D eigenvalue weighted by molar-refractivity contribution is 5.03. The van der Waals surface area contributed by atoms with Crippen LogP contribution in [-0.4, -0.2) is 23.6 Å². The second kappa shape index (κ2) is 5.67. The van der Waals surface area contributed by atoms with E-state index in [9.17, 15) is 0 Å². The van der Waals surface area contributed by atoms with E-state index < -0.39 is 0 Å². The highest BCUT2D eigenvalue weighted by Gasteiger charge is 2.06. The minimum absolute atomic E-state index is 0.0448. The summed E-state index contributed by atoms with van der Waals surface area (Å²) in [6.07, 6.45) is 1.72. The molecule has 0 bridgehead atoms. The van der Waals surface area contributed by atoms with Crippen LogP contribution in [0.4, 0.5) is 0 Å². The number of aromatic nitrogens is 2. The Kier molecular flexibility index (Phi) is 4.49. The quantitative estimate of drug-likeness (QED) is 0.769. The molecular weight excluding hydrogens is 178 g/mol. The van der Waals surface area contributed by atoms with Gasteiger partial charge in [-0.25, -0.2) is 9.97 Å². The standard InChI is InChI=1S/C10H17N3O/c1-4-11-7-9-5-6-12-10(13-9)8(2)14-3/h5-6,8,11H,4,7H2,1-3H3. The average molecular weight is 195 g/mol. The fourth-order valence-corrected chi connectivity index (χ4v) is 1.07. The molecule has 1 aromatic heterocycles. The van der Waals surface area contributed by atoms with E-state index in [0.717, 1.165) is 24.6 Å². The number of nitrogens with zero attached hydrogens (tertiary/aromatic N) is 2. The molecule has 0 saturated heterocycles. The van der Waals surface area contributed by atoms with Crippen molar-refractivity contribution in [2.45, 2.75) is 26.5 Å². The Hall–Kier alpha value is -1.00. The maximum atomic E-state index is 5.15. The van der Waals surface area contributed by atoms with Crippen molar-refractivity contribution in [3.8, 4) is 0 Å². The number of ether oxygens (including phenoxy) is 1. The van der Waals surface area contributed by atoms with Gasteiger partial charge in [0, 0.05) is 19.9 Å². The van der Waals surface area contributed by atoms with E-state index in [1.165, 1.54) is 0 Å². The van der Waals surface area contributed by atoms with Gasteiger partial charge < -0.3 is 10.1 Å². The summed E-state index contributed by atoms with van der Waals surface area (Å²) < 4.78 is 5.15. The molecule has 0 amide bonds. The Labute approximate surface area is 84.7 Å². The van der Waals surface area contributed by atoms with Crippen LogP contribution in [0.5, 0.6) is 0 Å². The largest absolute Gasteiger partial charge is 0.374 e. The maximum Gasteiger partial charge on any atom is 0.157 e. The molecule has 0 fully saturated rings. The monoisotopic (exact) mass is 195 g/mol. The van der Waals surface area contributed by atoms with Crippen LogP contribution in [0.15, 0.2) is 12.3 Å². The molecule has 0 aliphatic heterocycles. The van der Waals surface area contributed by atoms with Crippen molar-refractivity contribution in [2.24, 2.45) is 0 Å². The van der Waals surface area contributed by atoms with E-state index in [1.807, 2.05) is 13.0 Å². The first-order valence-electron chi connectivity index (χ1n) is 4.83. The van der Waals surface area contributed by atoms with Crippen molar-refractivity contribution in [3.63, 3.8) is 0 Å². The van der Waals surface area contributed by atoms with Crippen LogP contribution in [0.25, 0.3) is 0 Å². The molecule has 4 nitrogen and oxygen atoms in total. The van der Waals surface area contributed by atoms with Gasteiger partial charge in [-0.15, -0.1) is 0 Å². The number of nitrogens with one attached hydrogen (secondary N) is 1. The fourth-order valence-electron chi connectivity index (χ4n) is 1.07. The van der Waals surface area contributed by atoms with E-state index in [2.05, 4.69) is 22.2 Å². The highest BCUT2D eigenvalue weighted by Crippen LogP contribution is 2.09. The van der Waals surface area contributed by atoms with E-state index in [0.29, 0.717) is 0 Å². The van der Waals surface area contributed by atoms with Gasteiger partial charge in [-0.1, -0.05) is 6.92 Å². The average Bonchev–Trinajstić information content (AvgIpc) is 2.25. The maximum absolute atomic E-state index is 5.15. The van der Waals surface area contributed by atoms with Crippen LogP contribution in [-0.2, 0) is 11.3 Å². The molecule has 0 aliphatic rings. The number of hydrogen-bond acceptors (Lipinski definition) is 4. The molecule has 1 atom stereocenters. The summed E-state index contributed by atoms with van der Waals surface area (Å²) in [5.74, 6) is 0.739. The van der Waals surface area contributed by atoms with Crippen molar-refractivity contribution < 1.29 is 4.74 Å². The molecule has 78 valence electrons. The van der Waals surface area contributed by atoms with Crippen molar-refractivity contribution in [1.82, 2.24) is 15.3 Å². The number of methoxy groups -OCH3 is 1. The normalized spacial score (nSPS) is 12.8. The molecule has 0 spiro atoms. The molecule has 14 heavy (non-hydrogen) atoms. The summed E-state index contributed by atoms with van der Waals surface area (Å²) in [4.78, 5) is 8.54. The van der Waals surface area contributed by atoms with Gasteiger partial charge in [0.1, 0.15) is 6.10 Å². The molecule has 1 N–H and O–H groups in total. The van der Waals surface area contributed by atoms with E-state index in [-0.39, 0.29) is 6.10 Å². The summed E-state index contributed by atoms with van der Waals surface area (Å²) in [6, 6.07) is 1.91. The Morgan fingerprint density at radius 2 is 2.36 bits per heavy atom. The first-order valence-corrected chi connectivity index (χ1v) is 4.83. The Balaban J connectivity index is 2.68. The van der Waals surface area contributed by atoms with E-state index >= 15 is 0 Å². The Morgan fingerprint density at radius 3 is 3.00 bits per heavy atom. The van der Waals surface area contributed by atoms with Gasteiger partial charge in [0.25, 0.3) is 0 Å². The van der Waals surface area contributed by atoms with Gasteiger partial charge >= 0.3 is 0 Å². The smallest absolute Gasteiger partial charge is 0.157 e. The van der Waals surface area contributed by atoms with Crippen molar-refractivity contribution in [2.75, 3.05) is 13.7 Å². The fraction of sp³-hybridized carbons (Fsp3) is 0.600. The minimum Gasteiger partial charge on any atom is -0.374 e.